The van der Waals surface area contributed by atoms with Gasteiger partial charge in [-0.25, -0.2) is 18.4 Å². The number of aliphatic hydroxyl groups excluding tert-OH is 1. The van der Waals surface area contributed by atoms with Crippen molar-refractivity contribution in [2.75, 3.05) is 32.1 Å². The summed E-state index contributed by atoms with van der Waals surface area (Å²) in [6.07, 6.45) is 1.55. The largest absolute Gasteiger partial charge is 0.494 e. The number of benzene rings is 3. The van der Waals surface area contributed by atoms with Crippen molar-refractivity contribution in [3.05, 3.63) is 96.1 Å². The highest BCUT2D eigenvalue weighted by Gasteiger charge is 2.54. The molecule has 0 aromatic heterocycles. The molecule has 0 unspecified atom stereocenters. The van der Waals surface area contributed by atoms with Crippen LogP contribution in [0.5, 0.6) is 5.75 Å². The van der Waals surface area contributed by atoms with Gasteiger partial charge in [-0.3, -0.25) is 10.2 Å². The Morgan fingerprint density at radius 3 is 2.32 bits per heavy atom. The molecule has 5 rings (SSSR count). The van der Waals surface area contributed by atoms with Crippen molar-refractivity contribution in [1.29, 1.82) is 0 Å². The van der Waals surface area contributed by atoms with Crippen molar-refractivity contribution < 1.29 is 27.8 Å². The first-order chi connectivity index (χ1) is 19.9. The molecule has 0 radical (unpaired) electrons. The van der Waals surface area contributed by atoms with E-state index in [2.05, 4.69) is 5.43 Å². The van der Waals surface area contributed by atoms with E-state index in [1.165, 1.54) is 0 Å². The number of hydrogen-bond donors (Lipinski definition) is 2. The monoisotopic (exact) mass is 577 g/mol. The van der Waals surface area contributed by atoms with Crippen molar-refractivity contribution in [3.8, 4) is 5.75 Å². The van der Waals surface area contributed by atoms with E-state index in [1.54, 1.807) is 54.6 Å². The second-order valence-electron chi connectivity index (χ2n) is 10.2. The first-order valence-corrected chi connectivity index (χ1v) is 15.6. The number of nitrogens with zero attached hydrogens (tertiary/aromatic N) is 2. The number of ether oxygens (including phenoxy) is 2. The Hall–Kier alpha value is -3.73. The number of aliphatic imine (C=N–C) groups is 1. The van der Waals surface area contributed by atoms with Crippen molar-refractivity contribution >= 4 is 21.6 Å². The van der Waals surface area contributed by atoms with Crippen LogP contribution in [0.4, 0.5) is 0 Å². The van der Waals surface area contributed by atoms with Gasteiger partial charge < -0.3 is 14.6 Å². The van der Waals surface area contributed by atoms with Gasteiger partial charge in [-0.1, -0.05) is 48.5 Å². The highest BCUT2D eigenvalue weighted by Crippen LogP contribution is 2.43. The Labute approximate surface area is 240 Å². The number of hydrazine groups is 1. The molecule has 3 aromatic carbocycles. The van der Waals surface area contributed by atoms with Gasteiger partial charge in [0, 0.05) is 38.1 Å². The topological polar surface area (TPSA) is 118 Å². The summed E-state index contributed by atoms with van der Waals surface area (Å²) in [6, 6.07) is 24.7. The lowest BCUT2D eigenvalue weighted by atomic mass is 9.85. The molecule has 2 aliphatic rings. The van der Waals surface area contributed by atoms with Crippen molar-refractivity contribution in [2.45, 2.75) is 42.2 Å². The molecule has 9 nitrogen and oxygen atoms in total. The number of hydrogen-bond acceptors (Lipinski definition) is 8. The van der Waals surface area contributed by atoms with Gasteiger partial charge in [0.1, 0.15) is 5.75 Å². The molecule has 1 saturated heterocycles. The van der Waals surface area contributed by atoms with Gasteiger partial charge in [0.05, 0.1) is 17.3 Å². The molecule has 0 spiro atoms. The molecule has 2 aliphatic heterocycles. The summed E-state index contributed by atoms with van der Waals surface area (Å²) in [4.78, 5) is 19.3. The minimum atomic E-state index is -3.70. The quantitative estimate of drug-likeness (QED) is 0.315. The Balaban J connectivity index is 1.52. The molecule has 0 aliphatic carbocycles. The first kappa shape index (κ1) is 28.8. The SMILES string of the molecule is O=C(NN1CCCC1)[C@@]1(CCS(=O)(=O)c2ccccc2)N=C(c2ccc(OCCCO)cc2)O[C@H]1c1ccccc1. The summed E-state index contributed by atoms with van der Waals surface area (Å²) < 4.78 is 38.9. The van der Waals surface area contributed by atoms with Crippen LogP contribution < -0.4 is 10.2 Å². The second-order valence-corrected chi connectivity index (χ2v) is 12.3. The van der Waals surface area contributed by atoms with Crippen LogP contribution in [-0.4, -0.2) is 67.9 Å². The van der Waals surface area contributed by atoms with Crippen LogP contribution in [0.15, 0.2) is 94.8 Å². The second kappa shape index (κ2) is 12.8. The number of rotatable bonds is 12. The van der Waals surface area contributed by atoms with E-state index in [1.807, 2.05) is 35.3 Å². The Bertz CT molecular complexity index is 1440. The van der Waals surface area contributed by atoms with E-state index in [-0.39, 0.29) is 29.6 Å². The zero-order valence-electron chi connectivity index (χ0n) is 22.8. The molecular weight excluding hydrogens is 542 g/mol. The van der Waals surface area contributed by atoms with E-state index >= 15 is 0 Å². The van der Waals surface area contributed by atoms with E-state index in [4.69, 9.17) is 19.6 Å². The third-order valence-corrected chi connectivity index (χ3v) is 9.08. The lowest BCUT2D eigenvalue weighted by Crippen LogP contribution is -2.54. The van der Waals surface area contributed by atoms with E-state index in [0.29, 0.717) is 24.3 Å². The number of nitrogens with one attached hydrogen (secondary N) is 1. The minimum Gasteiger partial charge on any atom is -0.494 e. The van der Waals surface area contributed by atoms with Crippen LogP contribution in [0, 0.1) is 0 Å². The zero-order valence-corrected chi connectivity index (χ0v) is 23.6. The first-order valence-electron chi connectivity index (χ1n) is 13.9. The predicted octanol–water partition coefficient (Wildman–Crippen LogP) is 3.70. The maximum absolute atomic E-state index is 14.2. The molecule has 0 bridgehead atoms. The normalized spacial score (nSPS) is 20.8. The summed E-state index contributed by atoms with van der Waals surface area (Å²) in [5, 5.41) is 10.9. The maximum atomic E-state index is 14.2. The fraction of sp³-hybridized carbons (Fsp3) is 0.355. The van der Waals surface area contributed by atoms with Crippen LogP contribution in [0.1, 0.15) is 42.9 Å². The molecule has 2 heterocycles. The van der Waals surface area contributed by atoms with Crippen LogP contribution in [0.3, 0.4) is 0 Å². The van der Waals surface area contributed by atoms with E-state index < -0.39 is 27.4 Å². The minimum absolute atomic E-state index is 0.0468. The summed E-state index contributed by atoms with van der Waals surface area (Å²) in [5.41, 5.74) is 2.86. The predicted molar refractivity (Wildman–Crippen MR) is 155 cm³/mol. The van der Waals surface area contributed by atoms with Gasteiger partial charge in [0.2, 0.25) is 5.90 Å². The average molecular weight is 578 g/mol. The van der Waals surface area contributed by atoms with Crippen molar-refractivity contribution in [1.82, 2.24) is 10.4 Å². The number of amides is 1. The third kappa shape index (κ3) is 6.61. The highest BCUT2D eigenvalue weighted by atomic mass is 32.2. The Morgan fingerprint density at radius 1 is 1.00 bits per heavy atom. The third-order valence-electron chi connectivity index (χ3n) is 7.35. The number of carbonyl (C=O) groups is 1. The molecule has 1 fully saturated rings. The fourth-order valence-electron chi connectivity index (χ4n) is 5.10. The molecule has 10 heteroatoms. The van der Waals surface area contributed by atoms with Crippen LogP contribution in [0.25, 0.3) is 0 Å². The lowest BCUT2D eigenvalue weighted by Gasteiger charge is -2.32. The van der Waals surface area contributed by atoms with Crippen molar-refractivity contribution in [2.24, 2.45) is 4.99 Å². The molecular formula is C31H35N3O6S. The maximum Gasteiger partial charge on any atom is 0.266 e. The average Bonchev–Trinajstić information content (AvgIpc) is 3.66. The van der Waals surface area contributed by atoms with E-state index in [0.717, 1.165) is 31.5 Å². The molecule has 1 amide bonds. The standard InChI is InChI=1S/C31H35N3O6S/c35-21-9-22-39-26-16-14-25(15-17-26)29-32-31(30(36)33-34-19-7-8-20-34,28(40-29)24-10-3-1-4-11-24)18-23-41(37,38)27-12-5-2-6-13-27/h1-6,10-17,28,35H,7-9,18-23H2,(H,33,36)/t28-,31-/m0/s1. The van der Waals surface area contributed by atoms with E-state index in [9.17, 15) is 13.2 Å². The summed E-state index contributed by atoms with van der Waals surface area (Å²) >= 11 is 0. The van der Waals surface area contributed by atoms with Gasteiger partial charge in [-0.05, 0) is 54.8 Å². The van der Waals surface area contributed by atoms with Crippen LogP contribution in [0.2, 0.25) is 0 Å². The number of aliphatic hydroxyl groups is 1. The summed E-state index contributed by atoms with van der Waals surface area (Å²) in [6.45, 7) is 1.87. The van der Waals surface area contributed by atoms with Gasteiger partial charge in [-0.15, -0.1) is 0 Å². The fourth-order valence-corrected chi connectivity index (χ4v) is 6.49. The smallest absolute Gasteiger partial charge is 0.266 e. The highest BCUT2D eigenvalue weighted by molar-refractivity contribution is 7.91. The molecule has 2 N–H and O–H groups in total. The van der Waals surface area contributed by atoms with Crippen molar-refractivity contribution in [3.63, 3.8) is 0 Å². The van der Waals surface area contributed by atoms with Gasteiger partial charge >= 0.3 is 0 Å². The molecule has 216 valence electrons. The number of sulfone groups is 1. The molecule has 0 saturated carbocycles. The van der Waals surface area contributed by atoms with Gasteiger partial charge in [0.15, 0.2) is 21.5 Å². The zero-order chi connectivity index (χ0) is 28.7. The Morgan fingerprint density at radius 2 is 1.66 bits per heavy atom. The molecule has 3 aromatic rings. The molecule has 41 heavy (non-hydrogen) atoms. The number of carbonyl (C=O) groups excluding carboxylic acids is 1. The van der Waals surface area contributed by atoms with Crippen LogP contribution in [-0.2, 0) is 19.4 Å². The van der Waals surface area contributed by atoms with Gasteiger partial charge in [-0.2, -0.15) is 0 Å². The summed E-state index contributed by atoms with van der Waals surface area (Å²) in [7, 11) is -3.70. The summed E-state index contributed by atoms with van der Waals surface area (Å²) in [5.74, 6) is 0.211. The van der Waals surface area contributed by atoms with Gasteiger partial charge in [0.25, 0.3) is 5.91 Å². The lowest BCUT2D eigenvalue weighted by molar-refractivity contribution is -0.133. The van der Waals surface area contributed by atoms with Crippen LogP contribution >= 0.6 is 0 Å². The molecule has 2 atom stereocenters. The Kier molecular flexibility index (Phi) is 9.02.